The number of hydrogen-bond acceptors (Lipinski definition) is 4. The fraction of sp³-hybridized carbons (Fsp3) is 0.500. The number of nitrogens with two attached hydrogens (primary N) is 1. The van der Waals surface area contributed by atoms with Crippen LogP contribution in [-0.2, 0) is 5.54 Å². The lowest BCUT2D eigenvalue weighted by Crippen LogP contribution is -2.38. The molecule has 19 heavy (non-hydrogen) atoms. The van der Waals surface area contributed by atoms with Crippen molar-refractivity contribution in [2.75, 3.05) is 6.79 Å². The Morgan fingerprint density at radius 3 is 2.58 bits per heavy atom. The van der Waals surface area contributed by atoms with Crippen LogP contribution in [0, 0.1) is 0 Å². The van der Waals surface area contributed by atoms with E-state index in [2.05, 4.69) is 0 Å². The van der Waals surface area contributed by atoms with Gasteiger partial charge in [0.1, 0.15) is 0 Å². The van der Waals surface area contributed by atoms with E-state index in [9.17, 15) is 4.79 Å². The molecule has 0 spiro atoms. The molecule has 1 heterocycles. The molecule has 0 amide bonds. The monoisotopic (exact) mass is 281 g/mol. The Bertz CT molecular complexity index is 524. The van der Waals surface area contributed by atoms with Gasteiger partial charge < -0.3 is 15.2 Å². The van der Waals surface area contributed by atoms with Gasteiger partial charge in [-0.2, -0.15) is 0 Å². The molecule has 1 fully saturated rings. The summed E-state index contributed by atoms with van der Waals surface area (Å²) in [6.45, 7) is 0.111. The summed E-state index contributed by atoms with van der Waals surface area (Å²) in [5.41, 5.74) is 7.32. The first-order valence-corrected chi connectivity index (χ1v) is 6.90. The minimum atomic E-state index is -0.429. The molecule has 0 radical (unpaired) electrons. The molecule has 1 aliphatic heterocycles. The molecule has 4 nitrogen and oxygen atoms in total. The molecular formula is C14H16ClNO3. The normalized spacial score (nSPS) is 20.3. The van der Waals surface area contributed by atoms with Gasteiger partial charge in [0.25, 0.3) is 0 Å². The maximum atomic E-state index is 11.1. The van der Waals surface area contributed by atoms with Crippen LogP contribution in [0.25, 0.3) is 0 Å². The molecule has 0 bridgehead atoms. The number of fused-ring (bicyclic) bond motifs is 1. The summed E-state index contributed by atoms with van der Waals surface area (Å²) in [7, 11) is 0. The van der Waals surface area contributed by atoms with E-state index in [1.54, 1.807) is 6.07 Å². The van der Waals surface area contributed by atoms with E-state index >= 15 is 0 Å². The Morgan fingerprint density at radius 2 is 1.89 bits per heavy atom. The third-order valence-corrected chi connectivity index (χ3v) is 4.34. The zero-order valence-corrected chi connectivity index (χ0v) is 11.3. The lowest BCUT2D eigenvalue weighted by atomic mass is 9.77. The number of benzene rings is 1. The van der Waals surface area contributed by atoms with Crippen molar-refractivity contribution in [2.45, 2.75) is 37.6 Å². The van der Waals surface area contributed by atoms with Gasteiger partial charge in [0.2, 0.25) is 6.79 Å². The number of halogens is 1. The lowest BCUT2D eigenvalue weighted by Gasteiger charge is -2.34. The molecule has 1 aromatic rings. The van der Waals surface area contributed by atoms with Crippen molar-refractivity contribution in [3.8, 4) is 11.5 Å². The second kappa shape index (κ2) is 4.69. The summed E-state index contributed by atoms with van der Waals surface area (Å²) in [5, 5.41) is 0.379. The van der Waals surface area contributed by atoms with E-state index in [1.807, 2.05) is 0 Å². The van der Waals surface area contributed by atoms with Crippen molar-refractivity contribution in [1.29, 1.82) is 0 Å². The van der Waals surface area contributed by atoms with Crippen molar-refractivity contribution in [1.82, 2.24) is 0 Å². The molecule has 0 aromatic heterocycles. The van der Waals surface area contributed by atoms with Crippen LogP contribution in [0.2, 0.25) is 5.02 Å². The molecule has 0 atom stereocenters. The highest BCUT2D eigenvalue weighted by atomic mass is 35.5. The van der Waals surface area contributed by atoms with Gasteiger partial charge in [0.15, 0.2) is 17.8 Å². The predicted octanol–water partition coefficient (Wildman–Crippen LogP) is 3.00. The van der Waals surface area contributed by atoms with Crippen LogP contribution in [0.1, 0.15) is 48.0 Å². The Hall–Kier alpha value is -1.26. The predicted molar refractivity (Wildman–Crippen MR) is 71.9 cm³/mol. The van der Waals surface area contributed by atoms with Gasteiger partial charge in [-0.05, 0) is 18.9 Å². The first-order valence-electron chi connectivity index (χ1n) is 6.52. The van der Waals surface area contributed by atoms with E-state index in [1.165, 1.54) is 6.42 Å². The molecule has 2 aliphatic rings. The third-order valence-electron chi connectivity index (χ3n) is 4.03. The summed E-state index contributed by atoms with van der Waals surface area (Å²) in [6, 6.07) is 1.77. The second-order valence-corrected chi connectivity index (χ2v) is 5.63. The molecule has 1 saturated carbocycles. The fourth-order valence-electron chi connectivity index (χ4n) is 2.99. The van der Waals surface area contributed by atoms with Crippen LogP contribution in [0.4, 0.5) is 0 Å². The Morgan fingerprint density at radius 1 is 1.21 bits per heavy atom. The van der Waals surface area contributed by atoms with Crippen LogP contribution < -0.4 is 15.2 Å². The first-order chi connectivity index (χ1) is 9.15. The van der Waals surface area contributed by atoms with Crippen LogP contribution >= 0.6 is 11.6 Å². The lowest BCUT2D eigenvalue weighted by molar-refractivity contribution is 0.111. The van der Waals surface area contributed by atoms with Gasteiger partial charge >= 0.3 is 0 Å². The van der Waals surface area contributed by atoms with Crippen LogP contribution in [0.3, 0.4) is 0 Å². The molecule has 5 heteroatoms. The number of aldehydes is 1. The van der Waals surface area contributed by atoms with Crippen LogP contribution in [-0.4, -0.2) is 13.1 Å². The summed E-state index contributed by atoms with van der Waals surface area (Å²) >= 11 is 6.17. The van der Waals surface area contributed by atoms with Gasteiger partial charge in [-0.1, -0.05) is 30.9 Å². The van der Waals surface area contributed by atoms with Gasteiger partial charge in [0.05, 0.1) is 10.6 Å². The Labute approximate surface area is 116 Å². The molecule has 3 rings (SSSR count). The fourth-order valence-corrected chi connectivity index (χ4v) is 3.23. The summed E-state index contributed by atoms with van der Waals surface area (Å²) in [5.74, 6) is 1.03. The summed E-state index contributed by atoms with van der Waals surface area (Å²) in [6.07, 6.45) is 5.90. The molecule has 2 N–H and O–H groups in total. The highest BCUT2D eigenvalue weighted by molar-refractivity contribution is 6.33. The maximum Gasteiger partial charge on any atom is 0.231 e. The Kier molecular flexibility index (Phi) is 3.15. The van der Waals surface area contributed by atoms with Crippen molar-refractivity contribution < 1.29 is 14.3 Å². The van der Waals surface area contributed by atoms with Crippen molar-refractivity contribution >= 4 is 17.9 Å². The number of carbonyl (C=O) groups excluding carboxylic acids is 1. The van der Waals surface area contributed by atoms with E-state index in [0.717, 1.165) is 31.2 Å². The number of carbonyl (C=O) groups is 1. The van der Waals surface area contributed by atoms with Gasteiger partial charge in [-0.3, -0.25) is 4.79 Å². The molecule has 1 aromatic carbocycles. The van der Waals surface area contributed by atoms with E-state index < -0.39 is 5.54 Å². The topological polar surface area (TPSA) is 61.6 Å². The largest absolute Gasteiger partial charge is 0.453 e. The van der Waals surface area contributed by atoms with Crippen molar-refractivity contribution in [3.63, 3.8) is 0 Å². The van der Waals surface area contributed by atoms with Crippen molar-refractivity contribution in [3.05, 3.63) is 22.2 Å². The van der Waals surface area contributed by atoms with Crippen molar-refractivity contribution in [2.24, 2.45) is 5.73 Å². The van der Waals surface area contributed by atoms with Gasteiger partial charge in [0, 0.05) is 11.1 Å². The highest BCUT2D eigenvalue weighted by Gasteiger charge is 2.36. The number of hydrogen-bond donors (Lipinski definition) is 1. The van der Waals surface area contributed by atoms with Gasteiger partial charge in [-0.15, -0.1) is 0 Å². The molecule has 0 saturated heterocycles. The van der Waals surface area contributed by atoms with E-state index in [4.69, 9.17) is 26.8 Å². The quantitative estimate of drug-likeness (QED) is 0.847. The summed E-state index contributed by atoms with van der Waals surface area (Å²) < 4.78 is 10.9. The Balaban J connectivity index is 2.14. The standard InChI is InChI=1S/C14H16ClNO3/c15-11-6-10(14(16)4-2-1-3-5-14)13-12(9(11)7-17)18-8-19-13/h6-7H,1-5,8,16H2. The molecular weight excluding hydrogens is 266 g/mol. The minimum absolute atomic E-state index is 0.111. The van der Waals surface area contributed by atoms with Gasteiger partial charge in [-0.25, -0.2) is 0 Å². The molecule has 1 aliphatic carbocycles. The van der Waals surface area contributed by atoms with Crippen LogP contribution in [0.15, 0.2) is 6.07 Å². The van der Waals surface area contributed by atoms with E-state index in [0.29, 0.717) is 28.4 Å². The zero-order chi connectivity index (χ0) is 13.5. The smallest absolute Gasteiger partial charge is 0.231 e. The SMILES string of the molecule is NC1(c2cc(Cl)c(C=O)c3c2OCO3)CCCCC1. The highest BCUT2D eigenvalue weighted by Crippen LogP contribution is 2.48. The zero-order valence-electron chi connectivity index (χ0n) is 10.6. The average molecular weight is 282 g/mol. The number of ether oxygens (including phenoxy) is 2. The molecule has 102 valence electrons. The van der Waals surface area contributed by atoms with Crippen LogP contribution in [0.5, 0.6) is 11.5 Å². The minimum Gasteiger partial charge on any atom is -0.453 e. The maximum absolute atomic E-state index is 11.1. The first kappa shape index (κ1) is 12.8. The second-order valence-electron chi connectivity index (χ2n) is 5.22. The third kappa shape index (κ3) is 1.99. The number of rotatable bonds is 2. The molecule has 0 unspecified atom stereocenters. The average Bonchev–Trinajstić information content (AvgIpc) is 2.87. The summed E-state index contributed by atoms with van der Waals surface area (Å²) in [4.78, 5) is 11.1. The van der Waals surface area contributed by atoms with E-state index in [-0.39, 0.29) is 6.79 Å².